The molecule has 0 saturated heterocycles. The lowest BCUT2D eigenvalue weighted by Gasteiger charge is -2.23. The number of nitrogens with zero attached hydrogens (tertiary/aromatic N) is 1. The van der Waals surface area contributed by atoms with Crippen molar-refractivity contribution in [3.8, 4) is 5.75 Å². The van der Waals surface area contributed by atoms with E-state index in [2.05, 4.69) is 4.98 Å². The third kappa shape index (κ3) is 3.64. The van der Waals surface area contributed by atoms with E-state index in [-0.39, 0.29) is 5.69 Å². The van der Waals surface area contributed by atoms with Gasteiger partial charge in [0.25, 0.3) is 5.91 Å². The van der Waals surface area contributed by atoms with E-state index in [0.29, 0.717) is 11.3 Å². The van der Waals surface area contributed by atoms with E-state index >= 15 is 0 Å². The molecule has 0 spiro atoms. The maximum Gasteiger partial charge on any atom is 0.383 e. The van der Waals surface area contributed by atoms with E-state index in [4.69, 9.17) is 4.74 Å². The number of para-hydroxylation sites is 1. The van der Waals surface area contributed by atoms with Gasteiger partial charge in [0.2, 0.25) is 0 Å². The van der Waals surface area contributed by atoms with Gasteiger partial charge in [-0.25, -0.2) is 8.78 Å². The number of amides is 1. The second-order valence-corrected chi connectivity index (χ2v) is 4.83. The average Bonchev–Trinajstić information content (AvgIpc) is 2.60. The Morgan fingerprint density at radius 1 is 1.17 bits per heavy atom. The van der Waals surface area contributed by atoms with Crippen molar-refractivity contribution in [1.82, 2.24) is 10.3 Å². The van der Waals surface area contributed by atoms with Gasteiger partial charge in [-0.3, -0.25) is 9.78 Å². The third-order valence-electron chi connectivity index (χ3n) is 3.29. The van der Waals surface area contributed by atoms with E-state index in [9.17, 15) is 22.4 Å². The van der Waals surface area contributed by atoms with Gasteiger partial charge in [0.1, 0.15) is 11.8 Å². The van der Waals surface area contributed by atoms with Crippen LogP contribution in [0.1, 0.15) is 17.3 Å². The van der Waals surface area contributed by atoms with Crippen molar-refractivity contribution in [3.63, 3.8) is 0 Å². The van der Waals surface area contributed by atoms with Gasteiger partial charge >= 0.3 is 12.3 Å². The lowest BCUT2D eigenvalue weighted by atomic mass is 10.0. The van der Waals surface area contributed by atoms with Gasteiger partial charge in [-0.1, -0.05) is 24.3 Å². The molecule has 0 saturated carbocycles. The second kappa shape index (κ2) is 7.29. The number of methoxy groups -OCH3 is 1. The number of ether oxygens (including phenoxy) is 1. The van der Waals surface area contributed by atoms with E-state index in [0.717, 1.165) is 0 Å². The molecule has 0 aliphatic rings. The number of rotatable bonds is 6. The molecule has 0 aliphatic heterocycles. The number of hydrogen-bond acceptors (Lipinski definition) is 3. The van der Waals surface area contributed by atoms with Crippen molar-refractivity contribution in [3.05, 3.63) is 59.9 Å². The fraction of sp³-hybridized carbons (Fsp3) is 0.250. The summed E-state index contributed by atoms with van der Waals surface area (Å²) in [6.07, 6.45) is -2.71. The molecule has 1 heterocycles. The number of alkyl halides is 4. The summed E-state index contributed by atoms with van der Waals surface area (Å²) in [5.74, 6) is -6.59. The monoisotopic (exact) mass is 342 g/mol. The number of pyridine rings is 1. The molecule has 0 fully saturated rings. The first-order chi connectivity index (χ1) is 11.4. The first kappa shape index (κ1) is 17.7. The van der Waals surface area contributed by atoms with Crippen LogP contribution in [0.15, 0.2) is 48.7 Å². The average molecular weight is 342 g/mol. The first-order valence-corrected chi connectivity index (χ1v) is 6.88. The zero-order valence-corrected chi connectivity index (χ0v) is 12.5. The van der Waals surface area contributed by atoms with Crippen LogP contribution in [0.3, 0.4) is 0 Å². The number of aromatic nitrogens is 1. The molecule has 1 atom stereocenters. The van der Waals surface area contributed by atoms with Crippen LogP contribution < -0.4 is 10.1 Å². The van der Waals surface area contributed by atoms with Gasteiger partial charge in [0.05, 0.1) is 12.8 Å². The van der Waals surface area contributed by atoms with Crippen molar-refractivity contribution < 1.29 is 27.1 Å². The lowest BCUT2D eigenvalue weighted by Crippen LogP contribution is -2.46. The van der Waals surface area contributed by atoms with E-state index in [1.807, 2.05) is 5.32 Å². The fourth-order valence-electron chi connectivity index (χ4n) is 2.09. The summed E-state index contributed by atoms with van der Waals surface area (Å²) in [4.78, 5) is 15.7. The number of halogens is 4. The highest BCUT2D eigenvalue weighted by molar-refractivity contribution is 5.84. The van der Waals surface area contributed by atoms with Crippen LogP contribution in [0.2, 0.25) is 0 Å². The Hall–Kier alpha value is -2.64. The van der Waals surface area contributed by atoms with Gasteiger partial charge in [-0.2, -0.15) is 8.78 Å². The standard InChI is InChI=1S/C16H14F4N2O2/c1-24-12-8-3-2-6-10(12)13(11-7-4-5-9-21-11)22-15(23)16(19,20)14(17)18/h2-9,13-14H,1H3,(H,22,23)/t13-/m0/s1. The van der Waals surface area contributed by atoms with Gasteiger partial charge in [0.15, 0.2) is 0 Å². The molecule has 4 nitrogen and oxygen atoms in total. The second-order valence-electron chi connectivity index (χ2n) is 4.83. The summed E-state index contributed by atoms with van der Waals surface area (Å²) in [5.41, 5.74) is 0.525. The molecule has 0 radical (unpaired) electrons. The Balaban J connectivity index is 2.44. The van der Waals surface area contributed by atoms with Crippen LogP contribution in [-0.2, 0) is 4.79 Å². The Bertz CT molecular complexity index is 695. The van der Waals surface area contributed by atoms with E-state index in [1.54, 1.807) is 30.3 Å². The molecular formula is C16H14F4N2O2. The third-order valence-corrected chi connectivity index (χ3v) is 3.29. The largest absolute Gasteiger partial charge is 0.496 e. The smallest absolute Gasteiger partial charge is 0.383 e. The fourth-order valence-corrected chi connectivity index (χ4v) is 2.09. The van der Waals surface area contributed by atoms with Crippen LogP contribution in [0.5, 0.6) is 5.75 Å². The summed E-state index contributed by atoms with van der Waals surface area (Å²) < 4.78 is 56.6. The number of nitrogens with one attached hydrogen (secondary N) is 1. The Morgan fingerprint density at radius 2 is 1.83 bits per heavy atom. The predicted octanol–water partition coefficient (Wildman–Crippen LogP) is 3.20. The summed E-state index contributed by atoms with van der Waals surface area (Å²) in [6.45, 7) is 0. The molecule has 128 valence electrons. The molecule has 1 amide bonds. The zero-order chi connectivity index (χ0) is 17.7. The highest BCUT2D eigenvalue weighted by atomic mass is 19.3. The van der Waals surface area contributed by atoms with Crippen molar-refractivity contribution in [2.24, 2.45) is 0 Å². The summed E-state index contributed by atoms with van der Waals surface area (Å²) >= 11 is 0. The van der Waals surface area contributed by atoms with Crippen LogP contribution in [0.25, 0.3) is 0 Å². The number of carbonyl (C=O) groups is 1. The lowest BCUT2D eigenvalue weighted by molar-refractivity contribution is -0.170. The topological polar surface area (TPSA) is 51.2 Å². The minimum absolute atomic E-state index is 0.209. The Labute approximate surface area is 135 Å². The van der Waals surface area contributed by atoms with Crippen molar-refractivity contribution in [2.45, 2.75) is 18.4 Å². The van der Waals surface area contributed by atoms with Gasteiger partial charge in [-0.15, -0.1) is 0 Å². The number of benzene rings is 1. The van der Waals surface area contributed by atoms with E-state index < -0.39 is 24.3 Å². The Morgan fingerprint density at radius 3 is 2.42 bits per heavy atom. The Kier molecular flexibility index (Phi) is 5.38. The highest BCUT2D eigenvalue weighted by Gasteiger charge is 2.49. The molecule has 1 aromatic carbocycles. The molecule has 0 aliphatic carbocycles. The van der Waals surface area contributed by atoms with Crippen LogP contribution in [0, 0.1) is 0 Å². The minimum atomic E-state index is -4.81. The number of carbonyl (C=O) groups excluding carboxylic acids is 1. The molecular weight excluding hydrogens is 328 g/mol. The van der Waals surface area contributed by atoms with Crippen LogP contribution in [0.4, 0.5) is 17.6 Å². The molecule has 2 aromatic rings. The molecule has 8 heteroatoms. The molecule has 1 aromatic heterocycles. The summed E-state index contributed by atoms with van der Waals surface area (Å²) in [7, 11) is 1.36. The SMILES string of the molecule is COc1ccccc1[C@H](NC(=O)C(F)(F)C(F)F)c1ccccn1. The van der Waals surface area contributed by atoms with Crippen molar-refractivity contribution >= 4 is 5.91 Å². The minimum Gasteiger partial charge on any atom is -0.496 e. The van der Waals surface area contributed by atoms with E-state index in [1.165, 1.54) is 25.4 Å². The maximum absolute atomic E-state index is 13.3. The van der Waals surface area contributed by atoms with Gasteiger partial charge in [0, 0.05) is 11.8 Å². The zero-order valence-electron chi connectivity index (χ0n) is 12.5. The molecule has 24 heavy (non-hydrogen) atoms. The quantitative estimate of drug-likeness (QED) is 0.821. The molecule has 0 unspecified atom stereocenters. The summed E-state index contributed by atoms with van der Waals surface area (Å²) in [6, 6.07) is 9.83. The number of hydrogen-bond donors (Lipinski definition) is 1. The molecule has 2 rings (SSSR count). The van der Waals surface area contributed by atoms with Crippen LogP contribution in [-0.4, -0.2) is 30.3 Å². The van der Waals surface area contributed by atoms with Crippen molar-refractivity contribution in [1.29, 1.82) is 0 Å². The highest BCUT2D eigenvalue weighted by Crippen LogP contribution is 2.31. The maximum atomic E-state index is 13.3. The molecule has 1 N–H and O–H groups in total. The normalized spacial score (nSPS) is 12.8. The van der Waals surface area contributed by atoms with Gasteiger partial charge < -0.3 is 10.1 Å². The predicted molar refractivity (Wildman–Crippen MR) is 78.2 cm³/mol. The molecule has 0 bridgehead atoms. The van der Waals surface area contributed by atoms with Crippen molar-refractivity contribution in [2.75, 3.05) is 7.11 Å². The summed E-state index contributed by atoms with van der Waals surface area (Å²) in [5, 5.41) is 1.93. The van der Waals surface area contributed by atoms with Crippen LogP contribution >= 0.6 is 0 Å². The van der Waals surface area contributed by atoms with Gasteiger partial charge in [-0.05, 0) is 18.2 Å². The first-order valence-electron chi connectivity index (χ1n) is 6.88.